The summed E-state index contributed by atoms with van der Waals surface area (Å²) in [6.45, 7) is 10.7. The average Bonchev–Trinajstić information content (AvgIpc) is 3.52. The first-order valence-corrected chi connectivity index (χ1v) is 13.1. The maximum Gasteiger partial charge on any atom is 0.419 e. The van der Waals surface area contributed by atoms with E-state index in [0.29, 0.717) is 17.9 Å². The molecule has 0 bridgehead atoms. The van der Waals surface area contributed by atoms with Crippen molar-refractivity contribution in [2.45, 2.75) is 71.6 Å². The Kier molecular flexibility index (Phi) is 8.37. The summed E-state index contributed by atoms with van der Waals surface area (Å²) in [5.74, 6) is 0.673. The van der Waals surface area contributed by atoms with Crippen LogP contribution in [-0.2, 0) is 22.3 Å². The monoisotopic (exact) mass is 545 g/mol. The third-order valence-electron chi connectivity index (χ3n) is 5.55. The van der Waals surface area contributed by atoms with E-state index in [0.717, 1.165) is 16.7 Å². The first kappa shape index (κ1) is 28.5. The van der Waals surface area contributed by atoms with Gasteiger partial charge in [0.2, 0.25) is 5.89 Å². The van der Waals surface area contributed by atoms with E-state index in [1.807, 2.05) is 30.3 Å². The Balaban J connectivity index is 1.49. The zero-order valence-electron chi connectivity index (χ0n) is 23.7. The smallest absolute Gasteiger partial charge is 0.419 e. The van der Waals surface area contributed by atoms with Crippen LogP contribution in [0.1, 0.15) is 70.6 Å². The molecule has 10 heteroatoms. The van der Waals surface area contributed by atoms with Crippen molar-refractivity contribution >= 4 is 12.2 Å². The van der Waals surface area contributed by atoms with Crippen LogP contribution in [0.3, 0.4) is 0 Å². The molecule has 0 radical (unpaired) electrons. The summed E-state index contributed by atoms with van der Waals surface area (Å²) in [5, 5.41) is 6.93. The van der Waals surface area contributed by atoms with Gasteiger partial charge in [0, 0.05) is 19.0 Å². The van der Waals surface area contributed by atoms with Crippen LogP contribution in [-0.4, -0.2) is 43.1 Å². The van der Waals surface area contributed by atoms with Crippen LogP contribution in [0.15, 0.2) is 71.6 Å². The Labute approximate surface area is 233 Å². The molecule has 10 nitrogen and oxygen atoms in total. The minimum Gasteiger partial charge on any atom is -0.444 e. The molecule has 1 N–H and O–H groups in total. The van der Waals surface area contributed by atoms with Crippen molar-refractivity contribution in [3.63, 3.8) is 0 Å². The van der Waals surface area contributed by atoms with Crippen LogP contribution in [0.4, 0.5) is 9.59 Å². The molecule has 40 heavy (non-hydrogen) atoms. The van der Waals surface area contributed by atoms with Gasteiger partial charge in [0.1, 0.15) is 23.6 Å². The SMILES string of the molecule is CC(C)(C)OC(=O)N[C@@H](Cc1cn(C(=O)OC(C)(C)C)cn1)c1nc(Cc2ccc(-c3ccccc3)cc2)no1. The van der Waals surface area contributed by atoms with Gasteiger partial charge in [-0.3, -0.25) is 0 Å². The summed E-state index contributed by atoms with van der Waals surface area (Å²) in [6, 6.07) is 17.6. The Morgan fingerprint density at radius 3 is 2.23 bits per heavy atom. The highest BCUT2D eigenvalue weighted by molar-refractivity contribution is 5.71. The van der Waals surface area contributed by atoms with E-state index in [9.17, 15) is 9.59 Å². The fourth-order valence-corrected chi connectivity index (χ4v) is 3.85. The molecule has 0 spiro atoms. The number of aromatic nitrogens is 4. The molecule has 0 aliphatic heterocycles. The molecule has 0 unspecified atom stereocenters. The van der Waals surface area contributed by atoms with Crippen LogP contribution in [0.2, 0.25) is 0 Å². The predicted molar refractivity (Wildman–Crippen MR) is 149 cm³/mol. The maximum atomic E-state index is 12.6. The normalized spacial score (nSPS) is 12.6. The van der Waals surface area contributed by atoms with Crippen LogP contribution in [0, 0.1) is 0 Å². The Morgan fingerprint density at radius 1 is 0.925 bits per heavy atom. The van der Waals surface area contributed by atoms with Gasteiger partial charge in [-0.05, 0) is 58.2 Å². The quantitative estimate of drug-likeness (QED) is 0.295. The van der Waals surface area contributed by atoms with Gasteiger partial charge >= 0.3 is 12.2 Å². The van der Waals surface area contributed by atoms with Crippen molar-refractivity contribution in [3.05, 3.63) is 90.1 Å². The summed E-state index contributed by atoms with van der Waals surface area (Å²) >= 11 is 0. The third kappa shape index (κ3) is 8.26. The van der Waals surface area contributed by atoms with E-state index in [1.54, 1.807) is 47.7 Å². The first-order chi connectivity index (χ1) is 18.8. The van der Waals surface area contributed by atoms with E-state index < -0.39 is 29.4 Å². The third-order valence-corrected chi connectivity index (χ3v) is 5.55. The van der Waals surface area contributed by atoms with Gasteiger partial charge in [0.15, 0.2) is 5.82 Å². The molecule has 0 saturated heterocycles. The highest BCUT2D eigenvalue weighted by Crippen LogP contribution is 2.22. The lowest BCUT2D eigenvalue weighted by Gasteiger charge is -2.22. The Morgan fingerprint density at radius 2 is 1.57 bits per heavy atom. The van der Waals surface area contributed by atoms with Gasteiger partial charge in [-0.2, -0.15) is 4.98 Å². The maximum absolute atomic E-state index is 12.6. The second-order valence-electron chi connectivity index (χ2n) is 11.4. The molecule has 4 rings (SSSR count). The van der Waals surface area contributed by atoms with Crippen molar-refractivity contribution in [2.24, 2.45) is 0 Å². The summed E-state index contributed by atoms with van der Waals surface area (Å²) in [6.07, 6.45) is 2.35. The molecule has 2 aromatic heterocycles. The van der Waals surface area contributed by atoms with Crippen LogP contribution in [0.25, 0.3) is 11.1 Å². The molecule has 210 valence electrons. The number of hydrogen-bond donors (Lipinski definition) is 1. The molecule has 4 aromatic rings. The standard InChI is InChI=1S/C30H35N5O5/c1-29(2,3)38-27(36)32-24(17-23-18-35(19-31-23)28(37)39-30(4,5)6)26-33-25(34-40-26)16-20-12-14-22(15-13-20)21-10-8-7-9-11-21/h7-15,18-19,24H,16-17H2,1-6H3,(H,32,36)/t24-/m0/s1. The molecule has 2 heterocycles. The number of carbonyl (C=O) groups excluding carboxylic acids is 2. The fraction of sp³-hybridized carbons (Fsp3) is 0.367. The summed E-state index contributed by atoms with van der Waals surface area (Å²) < 4.78 is 17.6. The number of nitrogens with zero attached hydrogens (tertiary/aromatic N) is 4. The minimum atomic E-state index is -0.737. The van der Waals surface area contributed by atoms with Gasteiger partial charge in [0.25, 0.3) is 0 Å². The summed E-state index contributed by atoms with van der Waals surface area (Å²) in [4.78, 5) is 33.9. The zero-order chi connectivity index (χ0) is 28.9. The van der Waals surface area contributed by atoms with Crippen LogP contribution >= 0.6 is 0 Å². The number of hydrogen-bond acceptors (Lipinski definition) is 8. The lowest BCUT2D eigenvalue weighted by atomic mass is 10.0. The van der Waals surface area contributed by atoms with Crippen molar-refractivity contribution in [1.82, 2.24) is 25.0 Å². The molecule has 2 aromatic carbocycles. The lowest BCUT2D eigenvalue weighted by Crippen LogP contribution is -2.36. The molecule has 0 saturated carbocycles. The topological polar surface area (TPSA) is 121 Å². The van der Waals surface area contributed by atoms with Crippen molar-refractivity contribution in [1.29, 1.82) is 0 Å². The first-order valence-electron chi connectivity index (χ1n) is 13.1. The van der Waals surface area contributed by atoms with Crippen molar-refractivity contribution < 1.29 is 23.6 Å². The van der Waals surface area contributed by atoms with Gasteiger partial charge in [0.05, 0.1) is 5.69 Å². The Bertz CT molecular complexity index is 1430. The van der Waals surface area contributed by atoms with Crippen molar-refractivity contribution in [2.75, 3.05) is 0 Å². The predicted octanol–water partition coefficient (Wildman–Crippen LogP) is 6.12. The summed E-state index contributed by atoms with van der Waals surface area (Å²) in [5.41, 5.74) is 2.44. The van der Waals surface area contributed by atoms with Gasteiger partial charge in [-0.1, -0.05) is 59.8 Å². The number of nitrogens with one attached hydrogen (secondary N) is 1. The number of rotatable bonds is 7. The molecular weight excluding hydrogens is 510 g/mol. The van der Waals surface area contributed by atoms with E-state index in [2.05, 4.69) is 44.7 Å². The largest absolute Gasteiger partial charge is 0.444 e. The van der Waals surface area contributed by atoms with Crippen molar-refractivity contribution in [3.8, 4) is 11.1 Å². The fourth-order valence-electron chi connectivity index (χ4n) is 3.85. The lowest BCUT2D eigenvalue weighted by molar-refractivity contribution is 0.0489. The average molecular weight is 546 g/mol. The van der Waals surface area contributed by atoms with Crippen LogP contribution < -0.4 is 5.32 Å². The number of imidazole rings is 1. The number of carbonyl (C=O) groups is 2. The summed E-state index contributed by atoms with van der Waals surface area (Å²) in [7, 11) is 0. The highest BCUT2D eigenvalue weighted by atomic mass is 16.6. The van der Waals surface area contributed by atoms with Crippen LogP contribution in [0.5, 0.6) is 0 Å². The minimum absolute atomic E-state index is 0.183. The van der Waals surface area contributed by atoms with E-state index in [4.69, 9.17) is 14.0 Å². The zero-order valence-corrected chi connectivity index (χ0v) is 23.7. The molecular formula is C30H35N5O5. The molecule has 1 amide bonds. The second-order valence-corrected chi connectivity index (χ2v) is 11.4. The number of benzene rings is 2. The van der Waals surface area contributed by atoms with Gasteiger partial charge in [-0.15, -0.1) is 0 Å². The molecule has 0 aliphatic carbocycles. The van der Waals surface area contributed by atoms with E-state index in [1.165, 1.54) is 10.9 Å². The highest BCUT2D eigenvalue weighted by Gasteiger charge is 2.27. The molecule has 0 fully saturated rings. The number of alkyl carbamates (subject to hydrolysis) is 1. The van der Waals surface area contributed by atoms with Gasteiger partial charge in [-0.25, -0.2) is 19.1 Å². The van der Waals surface area contributed by atoms with E-state index in [-0.39, 0.29) is 12.3 Å². The van der Waals surface area contributed by atoms with E-state index >= 15 is 0 Å². The number of amides is 1. The Hall–Kier alpha value is -4.47. The molecule has 1 atom stereocenters. The van der Waals surface area contributed by atoms with Gasteiger partial charge < -0.3 is 19.3 Å². The number of ether oxygens (including phenoxy) is 2. The molecule has 0 aliphatic rings. The second kappa shape index (κ2) is 11.7.